The van der Waals surface area contributed by atoms with E-state index in [4.69, 9.17) is 17.1 Å². The van der Waals surface area contributed by atoms with Crippen molar-refractivity contribution in [2.45, 2.75) is 63.2 Å². The number of benzene rings is 1. The minimum atomic E-state index is -4.73. The van der Waals surface area contributed by atoms with E-state index in [9.17, 15) is 13.2 Å². The van der Waals surface area contributed by atoms with Crippen molar-refractivity contribution in [3.05, 3.63) is 34.2 Å². The van der Waals surface area contributed by atoms with Crippen LogP contribution < -0.4 is 15.0 Å². The lowest BCUT2D eigenvalue weighted by atomic mass is 10.1. The largest absolute Gasteiger partial charge is 0.493 e. The van der Waals surface area contributed by atoms with Gasteiger partial charge in [0.1, 0.15) is 17.1 Å². The van der Waals surface area contributed by atoms with Crippen molar-refractivity contribution in [2.24, 2.45) is 6.98 Å². The maximum absolute atomic E-state index is 13.5. The minimum Gasteiger partial charge on any atom is -0.493 e. The Kier molecular flexibility index (Phi) is 5.21. The Morgan fingerprint density at radius 2 is 2.17 bits per heavy atom. The van der Waals surface area contributed by atoms with E-state index in [1.165, 1.54) is 13.0 Å². The second-order valence-electron chi connectivity index (χ2n) is 8.42. The highest BCUT2D eigenvalue weighted by molar-refractivity contribution is 7.89. The average Bonchev–Trinajstić information content (AvgIpc) is 3.56. The highest BCUT2D eigenvalue weighted by Gasteiger charge is 2.23. The van der Waals surface area contributed by atoms with Crippen molar-refractivity contribution < 1.29 is 25.5 Å². The molecule has 10 nitrogen and oxygen atoms in total. The third kappa shape index (κ3) is 5.47. The Morgan fingerprint density at radius 1 is 1.33 bits per heavy atom. The molecule has 2 aromatic heterocycles. The Hall–Kier alpha value is -2.76. The first-order valence-corrected chi connectivity index (χ1v) is 13.2. The van der Waals surface area contributed by atoms with Crippen molar-refractivity contribution in [3.63, 3.8) is 0 Å². The van der Waals surface area contributed by atoms with Crippen LogP contribution in [0.25, 0.3) is 22.4 Å². The van der Waals surface area contributed by atoms with Gasteiger partial charge in [0.05, 0.1) is 22.8 Å². The first kappa shape index (κ1) is 16.9. The molecule has 1 aromatic carbocycles. The molecule has 0 aliphatic carbocycles. The van der Waals surface area contributed by atoms with Gasteiger partial charge in [0.2, 0.25) is 10.0 Å². The summed E-state index contributed by atoms with van der Waals surface area (Å²) in [5.74, 6) is -0.202. The van der Waals surface area contributed by atoms with Crippen molar-refractivity contribution >= 4 is 21.1 Å². The fourth-order valence-corrected chi connectivity index (χ4v) is 4.80. The maximum atomic E-state index is 13.5. The van der Waals surface area contributed by atoms with Crippen LogP contribution in [0.1, 0.15) is 63.9 Å². The molecule has 3 aromatic rings. The normalized spacial score (nSPS) is 22.0. The highest BCUT2D eigenvalue weighted by Crippen LogP contribution is 2.31. The van der Waals surface area contributed by atoms with Gasteiger partial charge in [-0.2, -0.15) is 5.10 Å². The van der Waals surface area contributed by atoms with Crippen molar-refractivity contribution in [1.82, 2.24) is 29.4 Å². The lowest BCUT2D eigenvalue weighted by Crippen LogP contribution is -2.31. The molecule has 0 bridgehead atoms. The molecule has 196 valence electrons. The van der Waals surface area contributed by atoms with Crippen LogP contribution in [0, 0.1) is 0 Å². The number of sulfonamides is 1. The highest BCUT2D eigenvalue weighted by atomic mass is 32.2. The Bertz CT molecular complexity index is 1740. The number of aryl methyl sites for hydroxylation is 2. The van der Waals surface area contributed by atoms with Gasteiger partial charge in [-0.1, -0.05) is 20.3 Å². The van der Waals surface area contributed by atoms with Crippen LogP contribution in [0.2, 0.25) is 0 Å². The summed E-state index contributed by atoms with van der Waals surface area (Å²) in [6, 6.07) is 2.60. The van der Waals surface area contributed by atoms with Crippen LogP contribution in [0.5, 0.6) is 5.75 Å². The number of hydrogen-bond donors (Lipinski definition) is 2. The number of fused-ring (bicyclic) bond motifs is 1. The minimum absolute atomic E-state index is 0.0749. The van der Waals surface area contributed by atoms with Gasteiger partial charge in [0, 0.05) is 31.9 Å². The molecule has 1 saturated heterocycles. The van der Waals surface area contributed by atoms with Gasteiger partial charge in [0.15, 0.2) is 5.52 Å². The lowest BCUT2D eigenvalue weighted by Gasteiger charge is -2.19. The molecular weight excluding hydrogens is 480 g/mol. The van der Waals surface area contributed by atoms with Crippen molar-refractivity contribution in [2.75, 3.05) is 26.7 Å². The molecular formula is C25H36N6O4S. The van der Waals surface area contributed by atoms with E-state index in [0.717, 1.165) is 12.1 Å². The summed E-state index contributed by atoms with van der Waals surface area (Å²) in [6.45, 7) is -1.90. The van der Waals surface area contributed by atoms with Crippen LogP contribution >= 0.6 is 0 Å². The van der Waals surface area contributed by atoms with Crippen LogP contribution in [-0.4, -0.2) is 65.8 Å². The molecule has 1 aliphatic rings. The predicted molar refractivity (Wildman–Crippen MR) is 140 cm³/mol. The summed E-state index contributed by atoms with van der Waals surface area (Å²) in [4.78, 5) is 21.3. The van der Waals surface area contributed by atoms with Gasteiger partial charge in [-0.25, -0.2) is 18.1 Å². The van der Waals surface area contributed by atoms with Crippen LogP contribution in [-0.2, 0) is 23.4 Å². The number of aromatic nitrogens is 4. The number of rotatable bonds is 11. The molecule has 1 aliphatic heterocycles. The molecule has 11 heteroatoms. The molecule has 1 fully saturated rings. The third-order valence-corrected chi connectivity index (χ3v) is 7.04. The number of nitrogens with zero attached hydrogens (tertiary/aromatic N) is 4. The molecule has 1 atom stereocenters. The van der Waals surface area contributed by atoms with E-state index in [2.05, 4.69) is 15.1 Å². The second-order valence-corrected chi connectivity index (χ2v) is 10.1. The number of likely N-dealkylation sites (tertiary alicyclic amines) is 1. The molecule has 1 unspecified atom stereocenters. The Balaban J connectivity index is 1.88. The zero-order valence-electron chi connectivity index (χ0n) is 29.4. The topological polar surface area (TPSA) is 122 Å². The average molecular weight is 526 g/mol. The third-order valence-electron chi connectivity index (χ3n) is 5.80. The number of hydrogen-bond acceptors (Lipinski definition) is 7. The molecule has 4 rings (SSSR count). The molecule has 36 heavy (non-hydrogen) atoms. The lowest BCUT2D eigenvalue weighted by molar-refractivity contribution is 0.297. The fourth-order valence-electron chi connectivity index (χ4n) is 3.97. The molecule has 0 spiro atoms. The standard InChI is InChI=1S/C25H36N6O4S/c1-5-8-20-22-23(31(4)29-20)25(32)28-24(27-22)19-16-18(10-11-21(19)35-15-6-2)36(33,34)26-13-12-17-9-7-14-30(17)3/h10-11,16-17,26H,5-9,12-15H2,1-4H3,(H,27,28,32)/i4D3,8D2,12D2,13D2. The van der Waals surface area contributed by atoms with E-state index in [1.54, 1.807) is 11.9 Å². The van der Waals surface area contributed by atoms with Crippen molar-refractivity contribution in [3.8, 4) is 17.1 Å². The van der Waals surface area contributed by atoms with E-state index in [-0.39, 0.29) is 35.7 Å². The second kappa shape index (κ2) is 11.1. The molecule has 0 saturated carbocycles. The number of aromatic amines is 1. The molecule has 2 N–H and O–H groups in total. The van der Waals surface area contributed by atoms with Gasteiger partial charge in [-0.15, -0.1) is 0 Å². The van der Waals surface area contributed by atoms with Gasteiger partial charge < -0.3 is 14.6 Å². The zero-order valence-corrected chi connectivity index (χ0v) is 21.2. The van der Waals surface area contributed by atoms with Crippen LogP contribution in [0.4, 0.5) is 0 Å². The first-order valence-electron chi connectivity index (χ1n) is 16.2. The zero-order chi connectivity index (χ0) is 33.8. The first-order chi connectivity index (χ1) is 20.7. The van der Waals surface area contributed by atoms with E-state index in [1.807, 2.05) is 11.6 Å². The van der Waals surface area contributed by atoms with Crippen molar-refractivity contribution in [1.29, 1.82) is 0 Å². The van der Waals surface area contributed by atoms with E-state index >= 15 is 0 Å². The number of nitrogens with one attached hydrogen (secondary N) is 2. The number of H-pyrrole nitrogens is 1. The smallest absolute Gasteiger partial charge is 0.277 e. The summed E-state index contributed by atoms with van der Waals surface area (Å²) in [7, 11) is -3.08. The fraction of sp³-hybridized carbons (Fsp3) is 0.560. The maximum Gasteiger partial charge on any atom is 0.277 e. The predicted octanol–water partition coefficient (Wildman–Crippen LogP) is 2.83. The summed E-state index contributed by atoms with van der Waals surface area (Å²) in [6.07, 6.45) is -3.37. The van der Waals surface area contributed by atoms with Crippen LogP contribution in [0.15, 0.2) is 27.9 Å². The summed E-state index contributed by atoms with van der Waals surface area (Å²) in [5, 5.41) is 3.91. The van der Waals surface area contributed by atoms with Gasteiger partial charge in [-0.3, -0.25) is 9.48 Å². The SMILES string of the molecule is [2H]C([2H])(CC)c1nn(C([2H])([2H])[2H])c2c(=O)[nH]c(-c3cc(S(=O)(=O)NC([2H])([2H])C([2H])([2H])C4CCCN4C)ccc3OCCC)nc12. The molecule has 0 amide bonds. The monoisotopic (exact) mass is 525 g/mol. The van der Waals surface area contributed by atoms with Crippen LogP contribution in [0.3, 0.4) is 0 Å². The molecule has 0 radical (unpaired) electrons. The summed E-state index contributed by atoms with van der Waals surface area (Å²) < 4.78 is 109. The van der Waals surface area contributed by atoms with E-state index < -0.39 is 63.9 Å². The summed E-state index contributed by atoms with van der Waals surface area (Å²) in [5.41, 5.74) is -2.28. The quantitative estimate of drug-likeness (QED) is 0.395. The van der Waals surface area contributed by atoms with Gasteiger partial charge in [-0.05, 0) is 63.8 Å². The Labute approximate surface area is 224 Å². The molecule has 3 heterocycles. The van der Waals surface area contributed by atoms with E-state index in [0.29, 0.717) is 30.5 Å². The Morgan fingerprint density at radius 3 is 2.86 bits per heavy atom. The van der Waals surface area contributed by atoms with Gasteiger partial charge in [0.25, 0.3) is 5.56 Å². The number of ether oxygens (including phenoxy) is 1. The summed E-state index contributed by atoms with van der Waals surface area (Å²) >= 11 is 0. The van der Waals surface area contributed by atoms with Gasteiger partial charge >= 0.3 is 0 Å².